The lowest BCUT2D eigenvalue weighted by atomic mass is 9.85. The lowest BCUT2D eigenvalue weighted by Gasteiger charge is -2.27. The molecular weight excluding hydrogens is 280 g/mol. The fourth-order valence-electron chi connectivity index (χ4n) is 2.83. The van der Waals surface area contributed by atoms with Gasteiger partial charge in [0.2, 0.25) is 0 Å². The molecule has 114 valence electrons. The number of hydrogen-bond acceptors (Lipinski definition) is 4. The van der Waals surface area contributed by atoms with Crippen molar-refractivity contribution in [3.05, 3.63) is 0 Å². The minimum Gasteiger partial charge on any atom is -0.481 e. The highest BCUT2D eigenvalue weighted by Gasteiger charge is 2.47. The number of hydrogen-bond donors (Lipinski definition) is 3. The second-order valence-corrected chi connectivity index (χ2v) is 6.80. The van der Waals surface area contributed by atoms with Crippen LogP contribution in [-0.4, -0.2) is 53.9 Å². The first-order chi connectivity index (χ1) is 9.47. The Morgan fingerprint density at radius 2 is 2.10 bits per heavy atom. The van der Waals surface area contributed by atoms with E-state index in [4.69, 9.17) is 4.74 Å². The van der Waals surface area contributed by atoms with Crippen molar-refractivity contribution in [2.45, 2.75) is 43.5 Å². The summed E-state index contributed by atoms with van der Waals surface area (Å²) in [5.74, 6) is -0.942. The number of nitrogens with one attached hydrogen (secondary N) is 2. The summed E-state index contributed by atoms with van der Waals surface area (Å²) in [6.45, 7) is 1.98. The smallest absolute Gasteiger partial charge is 0.315 e. The highest BCUT2D eigenvalue weighted by molar-refractivity contribution is 7.99. The third-order valence-electron chi connectivity index (χ3n) is 4.32. The topological polar surface area (TPSA) is 87.7 Å². The number of carboxylic acids is 1. The maximum Gasteiger partial charge on any atom is 0.315 e. The summed E-state index contributed by atoms with van der Waals surface area (Å²) in [5, 5.41) is 15.4. The fourth-order valence-corrected chi connectivity index (χ4v) is 3.76. The number of urea groups is 1. The van der Waals surface area contributed by atoms with Crippen molar-refractivity contribution in [2.24, 2.45) is 5.41 Å². The van der Waals surface area contributed by atoms with Gasteiger partial charge >= 0.3 is 12.0 Å². The SMILES string of the molecule is CSC1CCCC1NC(=O)NC1COCC1(C)C(=O)O. The largest absolute Gasteiger partial charge is 0.481 e. The summed E-state index contributed by atoms with van der Waals surface area (Å²) in [6, 6.07) is -0.614. The average Bonchev–Trinajstić information content (AvgIpc) is 2.98. The Balaban J connectivity index is 1.90. The molecule has 6 nitrogen and oxygen atoms in total. The van der Waals surface area contributed by atoms with Crippen molar-refractivity contribution >= 4 is 23.8 Å². The summed E-state index contributed by atoms with van der Waals surface area (Å²) < 4.78 is 5.22. The second kappa shape index (κ2) is 6.22. The van der Waals surface area contributed by atoms with Crippen molar-refractivity contribution in [3.8, 4) is 0 Å². The molecule has 0 bridgehead atoms. The summed E-state index contributed by atoms with van der Waals surface area (Å²) in [7, 11) is 0. The molecule has 1 saturated heterocycles. The molecule has 4 unspecified atom stereocenters. The van der Waals surface area contributed by atoms with Crippen LogP contribution < -0.4 is 10.6 Å². The molecule has 7 heteroatoms. The van der Waals surface area contributed by atoms with Gasteiger partial charge in [-0.25, -0.2) is 4.79 Å². The molecule has 4 atom stereocenters. The van der Waals surface area contributed by atoms with E-state index in [-0.39, 0.29) is 25.3 Å². The first-order valence-corrected chi connectivity index (χ1v) is 8.17. The van der Waals surface area contributed by atoms with E-state index < -0.39 is 17.4 Å². The maximum absolute atomic E-state index is 12.0. The fraction of sp³-hybridized carbons (Fsp3) is 0.846. The van der Waals surface area contributed by atoms with Gasteiger partial charge in [0.25, 0.3) is 0 Å². The predicted molar refractivity (Wildman–Crippen MR) is 77.0 cm³/mol. The molecule has 0 radical (unpaired) electrons. The monoisotopic (exact) mass is 302 g/mol. The molecule has 1 aliphatic carbocycles. The second-order valence-electron chi connectivity index (χ2n) is 5.72. The van der Waals surface area contributed by atoms with Crippen molar-refractivity contribution in [1.29, 1.82) is 0 Å². The van der Waals surface area contributed by atoms with E-state index in [2.05, 4.69) is 16.9 Å². The van der Waals surface area contributed by atoms with Gasteiger partial charge in [-0.05, 0) is 26.0 Å². The summed E-state index contributed by atoms with van der Waals surface area (Å²) in [4.78, 5) is 23.4. The first-order valence-electron chi connectivity index (χ1n) is 6.88. The van der Waals surface area contributed by atoms with Crippen LogP contribution in [-0.2, 0) is 9.53 Å². The number of rotatable bonds is 4. The lowest BCUT2D eigenvalue weighted by Crippen LogP contribution is -2.54. The standard InChI is InChI=1S/C13H22N2O4S/c1-13(11(16)17)7-19-6-10(13)15-12(18)14-8-4-3-5-9(8)20-2/h8-10H,3-7H2,1-2H3,(H,16,17)(H2,14,15,18). The number of carbonyl (C=O) groups is 2. The zero-order chi connectivity index (χ0) is 14.8. The molecule has 2 amide bonds. The Morgan fingerprint density at radius 3 is 2.75 bits per heavy atom. The Kier molecular flexibility index (Phi) is 4.80. The van der Waals surface area contributed by atoms with Gasteiger partial charge in [-0.3, -0.25) is 4.79 Å². The molecule has 2 fully saturated rings. The van der Waals surface area contributed by atoms with Crippen LogP contribution in [0.3, 0.4) is 0 Å². The summed E-state index contributed by atoms with van der Waals surface area (Å²) in [6.07, 6.45) is 5.27. The van der Waals surface area contributed by atoms with Crippen LogP contribution in [0.4, 0.5) is 4.79 Å². The molecule has 2 rings (SSSR count). The van der Waals surface area contributed by atoms with E-state index >= 15 is 0 Å². The molecule has 2 aliphatic rings. The van der Waals surface area contributed by atoms with Crippen LogP contribution in [0, 0.1) is 5.41 Å². The Hall–Kier alpha value is -0.950. The van der Waals surface area contributed by atoms with E-state index in [0.717, 1.165) is 19.3 Å². The van der Waals surface area contributed by atoms with Crippen LogP contribution in [0.25, 0.3) is 0 Å². The van der Waals surface area contributed by atoms with E-state index in [1.165, 1.54) is 0 Å². The third kappa shape index (κ3) is 3.03. The normalized spacial score (nSPS) is 36.8. The first kappa shape index (κ1) is 15.4. The van der Waals surface area contributed by atoms with Crippen molar-refractivity contribution in [3.63, 3.8) is 0 Å². The van der Waals surface area contributed by atoms with Gasteiger partial charge in [-0.2, -0.15) is 11.8 Å². The van der Waals surface area contributed by atoms with Gasteiger partial charge in [-0.1, -0.05) is 6.42 Å². The molecule has 0 aromatic rings. The molecular formula is C13H22N2O4S. The highest BCUT2D eigenvalue weighted by atomic mass is 32.2. The van der Waals surface area contributed by atoms with Crippen LogP contribution >= 0.6 is 11.8 Å². The van der Waals surface area contributed by atoms with E-state index in [1.54, 1.807) is 18.7 Å². The zero-order valence-corrected chi connectivity index (χ0v) is 12.7. The van der Waals surface area contributed by atoms with E-state index in [9.17, 15) is 14.7 Å². The Bertz CT molecular complexity index is 393. The summed E-state index contributed by atoms with van der Waals surface area (Å²) >= 11 is 1.77. The molecule has 3 N–H and O–H groups in total. The molecule has 1 saturated carbocycles. The number of ether oxygens (including phenoxy) is 1. The van der Waals surface area contributed by atoms with E-state index in [1.807, 2.05) is 0 Å². The highest BCUT2D eigenvalue weighted by Crippen LogP contribution is 2.30. The molecule has 1 aliphatic heterocycles. The Morgan fingerprint density at radius 1 is 1.35 bits per heavy atom. The lowest BCUT2D eigenvalue weighted by molar-refractivity contribution is -0.148. The van der Waals surface area contributed by atoms with Gasteiger partial charge in [0.1, 0.15) is 5.41 Å². The van der Waals surface area contributed by atoms with Crippen LogP contribution in [0.1, 0.15) is 26.2 Å². The number of thioether (sulfide) groups is 1. The number of aliphatic carboxylic acids is 1. The van der Waals surface area contributed by atoms with Crippen molar-refractivity contribution < 1.29 is 19.4 Å². The third-order valence-corrected chi connectivity index (χ3v) is 5.49. The van der Waals surface area contributed by atoms with Crippen LogP contribution in [0.15, 0.2) is 0 Å². The molecule has 1 heterocycles. The Labute approximate surface area is 123 Å². The van der Waals surface area contributed by atoms with Crippen molar-refractivity contribution in [1.82, 2.24) is 10.6 Å². The molecule has 20 heavy (non-hydrogen) atoms. The van der Waals surface area contributed by atoms with Crippen LogP contribution in [0.5, 0.6) is 0 Å². The molecule has 0 spiro atoms. The summed E-state index contributed by atoms with van der Waals surface area (Å²) in [5.41, 5.74) is -1.05. The average molecular weight is 302 g/mol. The number of carboxylic acid groups (broad SMARTS) is 1. The van der Waals surface area contributed by atoms with Crippen LogP contribution in [0.2, 0.25) is 0 Å². The van der Waals surface area contributed by atoms with Gasteiger partial charge in [0, 0.05) is 11.3 Å². The number of carbonyl (C=O) groups excluding carboxylic acids is 1. The van der Waals surface area contributed by atoms with Gasteiger partial charge in [0.05, 0.1) is 19.3 Å². The zero-order valence-electron chi connectivity index (χ0n) is 11.8. The maximum atomic E-state index is 12.0. The molecule has 0 aromatic carbocycles. The van der Waals surface area contributed by atoms with E-state index in [0.29, 0.717) is 5.25 Å². The van der Waals surface area contributed by atoms with Gasteiger partial charge in [0.15, 0.2) is 0 Å². The van der Waals surface area contributed by atoms with Crippen molar-refractivity contribution in [2.75, 3.05) is 19.5 Å². The van der Waals surface area contributed by atoms with Gasteiger partial charge in [-0.15, -0.1) is 0 Å². The quantitative estimate of drug-likeness (QED) is 0.723. The number of amides is 2. The minimum atomic E-state index is -1.05. The minimum absolute atomic E-state index is 0.129. The van der Waals surface area contributed by atoms with Gasteiger partial charge < -0.3 is 20.5 Å². The predicted octanol–water partition coefficient (Wildman–Crippen LogP) is 1.06. The molecule has 0 aromatic heterocycles.